The Bertz CT molecular complexity index is 663. The maximum absolute atomic E-state index is 14.8. The highest BCUT2D eigenvalue weighted by atomic mass is 19.1. The lowest BCUT2D eigenvalue weighted by atomic mass is 9.90. The zero-order valence-corrected chi connectivity index (χ0v) is 18.0. The normalized spacial score (nSPS) is 17.4. The molecule has 0 radical (unpaired) electrons. The van der Waals surface area contributed by atoms with Crippen LogP contribution >= 0.6 is 0 Å². The first-order valence-corrected chi connectivity index (χ1v) is 11.2. The molecule has 2 rings (SSSR count). The molecular weight excluding hydrogens is 349 g/mol. The van der Waals surface area contributed by atoms with Crippen LogP contribution in [0.4, 0.5) is 4.39 Å². The number of hydrogen-bond acceptors (Lipinski definition) is 2. The molecule has 0 saturated carbocycles. The van der Waals surface area contributed by atoms with Crippen molar-refractivity contribution >= 4 is 11.8 Å². The number of hydrogen-bond donors (Lipinski definition) is 1. The molecule has 1 aliphatic rings. The topological polar surface area (TPSA) is 32.6 Å². The number of benzene rings is 1. The predicted octanol–water partition coefficient (Wildman–Crippen LogP) is 7.79. The molecule has 3 heteroatoms. The quantitative estimate of drug-likeness (QED) is 0.169. The summed E-state index contributed by atoms with van der Waals surface area (Å²) in [7, 11) is 0. The Hall–Kier alpha value is -1.64. The summed E-state index contributed by atoms with van der Waals surface area (Å²) >= 11 is 0. The van der Waals surface area contributed by atoms with E-state index in [1.54, 1.807) is 12.3 Å². The lowest BCUT2D eigenvalue weighted by Gasteiger charge is -2.15. The molecule has 0 spiro atoms. The Morgan fingerprint density at radius 1 is 1.14 bits per heavy atom. The van der Waals surface area contributed by atoms with Gasteiger partial charge >= 0.3 is 0 Å². The second kappa shape index (κ2) is 12.0. The minimum atomic E-state index is -0.0912. The maximum Gasteiger partial charge on any atom is 0.127 e. The summed E-state index contributed by atoms with van der Waals surface area (Å²) in [5.74, 6) is 0.565. The first-order chi connectivity index (χ1) is 13.6. The van der Waals surface area contributed by atoms with Gasteiger partial charge in [-0.1, -0.05) is 77.0 Å². The predicted molar refractivity (Wildman–Crippen MR) is 117 cm³/mol. The van der Waals surface area contributed by atoms with Crippen LogP contribution in [0.15, 0.2) is 28.9 Å². The second-order valence-electron chi connectivity index (χ2n) is 8.70. The molecule has 0 saturated heterocycles. The first kappa shape index (κ1) is 22.6. The summed E-state index contributed by atoms with van der Waals surface area (Å²) in [6.45, 7) is 6.66. The fourth-order valence-corrected chi connectivity index (χ4v) is 4.41. The Morgan fingerprint density at radius 3 is 2.50 bits per heavy atom. The standard InChI is InChI=1S/C25H38FNO/c1-4-5-6-7-8-9-10-11-20-12-13-22(17-24(20)26)25-21(16-19(2)3)14-15-23(25)18-27-28/h12-13,17-19,23,28H,4-11,14-16H2,1-3H3. The Morgan fingerprint density at radius 2 is 1.86 bits per heavy atom. The van der Waals surface area contributed by atoms with Crippen LogP contribution in [0, 0.1) is 17.7 Å². The van der Waals surface area contributed by atoms with E-state index in [4.69, 9.17) is 5.21 Å². The molecule has 0 aromatic heterocycles. The summed E-state index contributed by atoms with van der Waals surface area (Å²) < 4.78 is 14.8. The van der Waals surface area contributed by atoms with Crippen molar-refractivity contribution in [3.63, 3.8) is 0 Å². The number of unbranched alkanes of at least 4 members (excludes halogenated alkanes) is 6. The van der Waals surface area contributed by atoms with Crippen LogP contribution in [0.1, 0.15) is 96.1 Å². The van der Waals surface area contributed by atoms with Gasteiger partial charge < -0.3 is 5.21 Å². The van der Waals surface area contributed by atoms with Gasteiger partial charge in [0.15, 0.2) is 0 Å². The number of oxime groups is 1. The molecule has 2 nitrogen and oxygen atoms in total. The van der Waals surface area contributed by atoms with Crippen LogP contribution < -0.4 is 0 Å². The van der Waals surface area contributed by atoms with Crippen LogP contribution in [0.3, 0.4) is 0 Å². The van der Waals surface area contributed by atoms with E-state index in [9.17, 15) is 4.39 Å². The Balaban J connectivity index is 2.02. The van der Waals surface area contributed by atoms with E-state index in [0.29, 0.717) is 5.92 Å². The molecule has 0 fully saturated rings. The van der Waals surface area contributed by atoms with E-state index in [1.165, 1.54) is 49.7 Å². The SMILES string of the molecule is CCCCCCCCCc1ccc(C2=C(CC(C)C)CCC2C=NO)cc1F. The van der Waals surface area contributed by atoms with Crippen molar-refractivity contribution in [3.05, 3.63) is 40.7 Å². The molecule has 1 aromatic carbocycles. The number of rotatable bonds is 12. The zero-order chi connectivity index (χ0) is 20.4. The summed E-state index contributed by atoms with van der Waals surface area (Å²) in [6, 6.07) is 5.74. The molecular formula is C25H38FNO. The summed E-state index contributed by atoms with van der Waals surface area (Å²) in [6.07, 6.45) is 14.1. The third-order valence-corrected chi connectivity index (χ3v) is 5.82. The summed E-state index contributed by atoms with van der Waals surface area (Å²) in [4.78, 5) is 0. The molecule has 0 aliphatic heterocycles. The van der Waals surface area contributed by atoms with E-state index in [2.05, 4.69) is 32.0 Å². The molecule has 1 N–H and O–H groups in total. The van der Waals surface area contributed by atoms with Crippen molar-refractivity contribution in [2.24, 2.45) is 17.0 Å². The lowest BCUT2D eigenvalue weighted by Crippen LogP contribution is -2.03. The maximum atomic E-state index is 14.8. The number of nitrogens with zero attached hydrogens (tertiary/aromatic N) is 1. The average molecular weight is 388 g/mol. The largest absolute Gasteiger partial charge is 0.411 e. The second-order valence-corrected chi connectivity index (χ2v) is 8.70. The molecule has 1 aliphatic carbocycles. The molecule has 1 aromatic rings. The highest BCUT2D eigenvalue weighted by Crippen LogP contribution is 2.41. The van der Waals surface area contributed by atoms with Gasteiger partial charge in [0.2, 0.25) is 0 Å². The Labute approximate surface area is 170 Å². The number of allylic oxidation sites excluding steroid dienone is 2. The highest BCUT2D eigenvalue weighted by Gasteiger charge is 2.26. The molecule has 28 heavy (non-hydrogen) atoms. The third-order valence-electron chi connectivity index (χ3n) is 5.82. The first-order valence-electron chi connectivity index (χ1n) is 11.2. The van der Waals surface area contributed by atoms with Gasteiger partial charge in [-0.3, -0.25) is 0 Å². The van der Waals surface area contributed by atoms with Crippen molar-refractivity contribution in [1.29, 1.82) is 0 Å². The van der Waals surface area contributed by atoms with E-state index in [-0.39, 0.29) is 11.7 Å². The molecule has 156 valence electrons. The van der Waals surface area contributed by atoms with Crippen LogP contribution in [-0.2, 0) is 6.42 Å². The van der Waals surface area contributed by atoms with Crippen molar-refractivity contribution in [3.8, 4) is 0 Å². The van der Waals surface area contributed by atoms with E-state index >= 15 is 0 Å². The molecule has 1 atom stereocenters. The minimum Gasteiger partial charge on any atom is -0.411 e. The van der Waals surface area contributed by atoms with Gasteiger partial charge in [-0.2, -0.15) is 0 Å². The summed E-state index contributed by atoms with van der Waals surface area (Å²) in [5.41, 5.74) is 4.35. The van der Waals surface area contributed by atoms with E-state index in [1.807, 2.05) is 6.07 Å². The average Bonchev–Trinajstić information content (AvgIpc) is 3.04. The van der Waals surface area contributed by atoms with Gasteiger partial charge in [-0.05, 0) is 60.8 Å². The van der Waals surface area contributed by atoms with Gasteiger partial charge in [0, 0.05) is 5.92 Å². The van der Waals surface area contributed by atoms with Gasteiger partial charge in [0.1, 0.15) is 5.82 Å². The summed E-state index contributed by atoms with van der Waals surface area (Å²) in [5, 5.41) is 12.3. The molecule has 0 heterocycles. The fraction of sp³-hybridized carbons (Fsp3) is 0.640. The van der Waals surface area contributed by atoms with Gasteiger partial charge in [0.05, 0.1) is 6.21 Å². The van der Waals surface area contributed by atoms with Crippen molar-refractivity contribution in [1.82, 2.24) is 0 Å². The molecule has 0 amide bonds. The lowest BCUT2D eigenvalue weighted by molar-refractivity contribution is 0.319. The van der Waals surface area contributed by atoms with Crippen molar-refractivity contribution in [2.75, 3.05) is 0 Å². The van der Waals surface area contributed by atoms with Gasteiger partial charge in [0.25, 0.3) is 0 Å². The molecule has 0 bridgehead atoms. The molecule has 1 unspecified atom stereocenters. The van der Waals surface area contributed by atoms with Gasteiger partial charge in [-0.25, -0.2) is 4.39 Å². The van der Waals surface area contributed by atoms with Crippen LogP contribution in [0.5, 0.6) is 0 Å². The van der Waals surface area contributed by atoms with Crippen LogP contribution in [-0.4, -0.2) is 11.4 Å². The zero-order valence-electron chi connectivity index (χ0n) is 18.0. The fourth-order valence-electron chi connectivity index (χ4n) is 4.41. The number of aryl methyl sites for hydroxylation is 1. The van der Waals surface area contributed by atoms with Crippen LogP contribution in [0.25, 0.3) is 5.57 Å². The third kappa shape index (κ3) is 6.76. The Kier molecular flexibility index (Phi) is 9.73. The van der Waals surface area contributed by atoms with Crippen molar-refractivity contribution < 1.29 is 9.60 Å². The van der Waals surface area contributed by atoms with Gasteiger partial charge in [-0.15, -0.1) is 5.16 Å². The minimum absolute atomic E-state index is 0.0899. The monoisotopic (exact) mass is 387 g/mol. The smallest absolute Gasteiger partial charge is 0.127 e. The van der Waals surface area contributed by atoms with E-state index < -0.39 is 0 Å². The number of halogens is 1. The van der Waals surface area contributed by atoms with Crippen LogP contribution in [0.2, 0.25) is 0 Å². The van der Waals surface area contributed by atoms with Crippen molar-refractivity contribution in [2.45, 2.75) is 91.4 Å². The van der Waals surface area contributed by atoms with E-state index in [0.717, 1.165) is 43.2 Å². The highest BCUT2D eigenvalue weighted by molar-refractivity contribution is 5.86.